The lowest BCUT2D eigenvalue weighted by molar-refractivity contribution is -0.144. The van der Waals surface area contributed by atoms with Gasteiger partial charge in [-0.15, -0.1) is 0 Å². The van der Waals surface area contributed by atoms with Crippen LogP contribution in [0.15, 0.2) is 91.2 Å². The first-order valence-corrected chi connectivity index (χ1v) is 9.77. The molecule has 0 bridgehead atoms. The number of carbonyl (C=O) groups is 2. The van der Waals surface area contributed by atoms with E-state index in [1.165, 1.54) is 6.08 Å². The average Bonchev–Trinajstić information content (AvgIpc) is 3.11. The van der Waals surface area contributed by atoms with Gasteiger partial charge in [-0.05, 0) is 34.9 Å². The van der Waals surface area contributed by atoms with Gasteiger partial charge in [0.25, 0.3) is 0 Å². The Balaban J connectivity index is 1.45. The zero-order valence-corrected chi connectivity index (χ0v) is 16.7. The Morgan fingerprint density at radius 1 is 0.968 bits per heavy atom. The zero-order valence-electron chi connectivity index (χ0n) is 16.7. The molecule has 5 nitrogen and oxygen atoms in total. The molecule has 0 atom stereocenters. The number of allylic oxidation sites excluding steroid dienone is 1. The molecule has 0 unspecified atom stereocenters. The molecule has 0 spiro atoms. The number of hydrogen-bond donors (Lipinski definition) is 0. The molecular formula is C26H20O5. The lowest BCUT2D eigenvalue weighted by atomic mass is 10.0. The molecule has 154 valence electrons. The van der Waals surface area contributed by atoms with Crippen LogP contribution < -0.4 is 9.47 Å². The average molecular weight is 412 g/mol. The predicted molar refractivity (Wildman–Crippen MR) is 118 cm³/mol. The van der Waals surface area contributed by atoms with Gasteiger partial charge in [0, 0.05) is 6.07 Å². The van der Waals surface area contributed by atoms with Gasteiger partial charge >= 0.3 is 5.97 Å². The van der Waals surface area contributed by atoms with Crippen LogP contribution in [-0.4, -0.2) is 25.0 Å². The molecule has 3 aromatic carbocycles. The molecule has 3 aromatic rings. The fourth-order valence-electron chi connectivity index (χ4n) is 3.15. The highest BCUT2D eigenvalue weighted by atomic mass is 16.6. The molecule has 1 aliphatic rings. The SMILES string of the molecule is C=CCOC(=O)COc1ccc2c(c1)OC(=Cc1ccc(-c3ccccc3)cc1)C2=O. The number of rotatable bonds is 7. The van der Waals surface area contributed by atoms with E-state index in [1.807, 2.05) is 54.6 Å². The van der Waals surface area contributed by atoms with Crippen LogP contribution in [0, 0.1) is 0 Å². The standard InChI is InChI=1S/C26H20O5/c1-2-14-29-25(27)17-30-21-12-13-22-23(16-21)31-24(26(22)28)15-18-8-10-20(11-9-18)19-6-4-3-5-7-19/h2-13,15-16H,1,14,17H2. The van der Waals surface area contributed by atoms with Crippen molar-refractivity contribution in [3.05, 3.63) is 102 Å². The number of carbonyl (C=O) groups excluding carboxylic acids is 2. The molecule has 31 heavy (non-hydrogen) atoms. The zero-order chi connectivity index (χ0) is 21.6. The number of hydrogen-bond acceptors (Lipinski definition) is 5. The van der Waals surface area contributed by atoms with Crippen LogP contribution in [-0.2, 0) is 9.53 Å². The first kappa shape index (κ1) is 20.2. The summed E-state index contributed by atoms with van der Waals surface area (Å²) in [4.78, 5) is 24.2. The van der Waals surface area contributed by atoms with Crippen molar-refractivity contribution in [2.45, 2.75) is 0 Å². The van der Waals surface area contributed by atoms with Crippen LogP contribution in [0.2, 0.25) is 0 Å². The lowest BCUT2D eigenvalue weighted by Gasteiger charge is -2.06. The van der Waals surface area contributed by atoms with Gasteiger partial charge in [-0.2, -0.15) is 0 Å². The van der Waals surface area contributed by atoms with E-state index in [4.69, 9.17) is 14.2 Å². The van der Waals surface area contributed by atoms with E-state index in [0.717, 1.165) is 16.7 Å². The van der Waals surface area contributed by atoms with Gasteiger partial charge in [0.15, 0.2) is 12.4 Å². The topological polar surface area (TPSA) is 61.8 Å². The maximum atomic E-state index is 12.7. The van der Waals surface area contributed by atoms with E-state index >= 15 is 0 Å². The minimum absolute atomic E-state index is 0.129. The fraction of sp³-hybridized carbons (Fsp3) is 0.0769. The molecule has 0 saturated carbocycles. The van der Waals surface area contributed by atoms with Crippen LogP contribution in [0.3, 0.4) is 0 Å². The summed E-state index contributed by atoms with van der Waals surface area (Å²) in [5.41, 5.74) is 3.53. The molecular weight excluding hydrogens is 392 g/mol. The van der Waals surface area contributed by atoms with Crippen molar-refractivity contribution in [3.8, 4) is 22.6 Å². The Morgan fingerprint density at radius 3 is 2.45 bits per heavy atom. The number of ketones is 1. The number of fused-ring (bicyclic) bond motifs is 1. The van der Waals surface area contributed by atoms with Crippen molar-refractivity contribution >= 4 is 17.8 Å². The van der Waals surface area contributed by atoms with Gasteiger partial charge in [-0.25, -0.2) is 4.79 Å². The van der Waals surface area contributed by atoms with E-state index in [1.54, 1.807) is 24.3 Å². The second kappa shape index (κ2) is 9.13. The van der Waals surface area contributed by atoms with Crippen molar-refractivity contribution < 1.29 is 23.8 Å². The van der Waals surface area contributed by atoms with Gasteiger partial charge in [-0.1, -0.05) is 67.3 Å². The molecule has 0 N–H and O–H groups in total. The predicted octanol–water partition coefficient (Wildman–Crippen LogP) is 5.08. The van der Waals surface area contributed by atoms with Crippen LogP contribution >= 0.6 is 0 Å². The summed E-state index contributed by atoms with van der Waals surface area (Å²) in [6.07, 6.45) is 3.19. The third-order valence-electron chi connectivity index (χ3n) is 4.68. The monoisotopic (exact) mass is 412 g/mol. The maximum Gasteiger partial charge on any atom is 0.344 e. The fourth-order valence-corrected chi connectivity index (χ4v) is 3.15. The lowest BCUT2D eigenvalue weighted by Crippen LogP contribution is -2.14. The maximum absolute atomic E-state index is 12.7. The van der Waals surface area contributed by atoms with Crippen molar-refractivity contribution in [3.63, 3.8) is 0 Å². The molecule has 0 radical (unpaired) electrons. The third kappa shape index (κ3) is 4.73. The molecule has 0 fully saturated rings. The Bertz CT molecular complexity index is 1140. The van der Waals surface area contributed by atoms with Crippen molar-refractivity contribution in [1.82, 2.24) is 0 Å². The van der Waals surface area contributed by atoms with E-state index < -0.39 is 5.97 Å². The first-order valence-electron chi connectivity index (χ1n) is 9.77. The van der Waals surface area contributed by atoms with Gasteiger partial charge in [-0.3, -0.25) is 4.79 Å². The highest BCUT2D eigenvalue weighted by Crippen LogP contribution is 2.35. The summed E-state index contributed by atoms with van der Waals surface area (Å²) in [5.74, 6) is 0.352. The molecule has 5 heteroatoms. The molecule has 0 saturated heterocycles. The van der Waals surface area contributed by atoms with Crippen molar-refractivity contribution in [1.29, 1.82) is 0 Å². The molecule has 0 aromatic heterocycles. The molecule has 4 rings (SSSR count). The highest BCUT2D eigenvalue weighted by molar-refractivity contribution is 6.14. The minimum atomic E-state index is -0.503. The molecule has 0 amide bonds. The first-order chi connectivity index (χ1) is 15.1. The number of ether oxygens (including phenoxy) is 3. The highest BCUT2D eigenvalue weighted by Gasteiger charge is 2.27. The van der Waals surface area contributed by atoms with E-state index in [-0.39, 0.29) is 24.8 Å². The number of esters is 1. The van der Waals surface area contributed by atoms with Crippen LogP contribution in [0.5, 0.6) is 11.5 Å². The Labute approximate surface area is 180 Å². The van der Waals surface area contributed by atoms with Crippen molar-refractivity contribution in [2.75, 3.05) is 13.2 Å². The normalized spacial score (nSPS) is 13.4. The van der Waals surface area contributed by atoms with Crippen LogP contribution in [0.4, 0.5) is 0 Å². The molecule has 0 aliphatic carbocycles. The Hall–Kier alpha value is -4.12. The van der Waals surface area contributed by atoms with E-state index in [0.29, 0.717) is 17.1 Å². The third-order valence-corrected chi connectivity index (χ3v) is 4.68. The summed E-state index contributed by atoms with van der Waals surface area (Å²) in [6.45, 7) is 3.37. The smallest absolute Gasteiger partial charge is 0.344 e. The molecule has 1 heterocycles. The number of Topliss-reactive ketones (excluding diaryl/α,β-unsaturated/α-hetero) is 1. The van der Waals surface area contributed by atoms with E-state index in [2.05, 4.69) is 6.58 Å². The van der Waals surface area contributed by atoms with Gasteiger partial charge in [0.2, 0.25) is 5.78 Å². The summed E-state index contributed by atoms with van der Waals surface area (Å²) >= 11 is 0. The summed E-state index contributed by atoms with van der Waals surface area (Å²) in [7, 11) is 0. The summed E-state index contributed by atoms with van der Waals surface area (Å²) < 4.78 is 16.0. The van der Waals surface area contributed by atoms with Gasteiger partial charge < -0.3 is 14.2 Å². The summed E-state index contributed by atoms with van der Waals surface area (Å²) in [6, 6.07) is 22.8. The van der Waals surface area contributed by atoms with Crippen LogP contribution in [0.25, 0.3) is 17.2 Å². The largest absolute Gasteiger partial charge is 0.482 e. The Kier molecular flexibility index (Phi) is 5.94. The van der Waals surface area contributed by atoms with Gasteiger partial charge in [0.1, 0.15) is 18.1 Å². The second-order valence-corrected chi connectivity index (χ2v) is 6.85. The molecule has 1 aliphatic heterocycles. The van der Waals surface area contributed by atoms with Crippen LogP contribution in [0.1, 0.15) is 15.9 Å². The van der Waals surface area contributed by atoms with Gasteiger partial charge in [0.05, 0.1) is 5.56 Å². The van der Waals surface area contributed by atoms with E-state index in [9.17, 15) is 9.59 Å². The number of benzene rings is 3. The van der Waals surface area contributed by atoms with Crippen molar-refractivity contribution in [2.24, 2.45) is 0 Å². The summed E-state index contributed by atoms with van der Waals surface area (Å²) in [5, 5.41) is 0. The Morgan fingerprint density at radius 2 is 1.71 bits per heavy atom. The minimum Gasteiger partial charge on any atom is -0.482 e. The quantitative estimate of drug-likeness (QED) is 0.308. The second-order valence-electron chi connectivity index (χ2n) is 6.85.